The van der Waals surface area contributed by atoms with Gasteiger partial charge in [-0.1, -0.05) is 12.8 Å². The van der Waals surface area contributed by atoms with E-state index >= 15 is 0 Å². The van der Waals surface area contributed by atoms with Crippen molar-refractivity contribution < 1.29 is 4.79 Å². The fourth-order valence-corrected chi connectivity index (χ4v) is 2.79. The number of Topliss-reactive ketones (excluding diaryl/α,β-unsaturated/α-hetero) is 1. The van der Waals surface area contributed by atoms with Crippen molar-refractivity contribution in [2.45, 2.75) is 37.5 Å². The minimum absolute atomic E-state index is 0.158. The van der Waals surface area contributed by atoms with Gasteiger partial charge < -0.3 is 0 Å². The minimum Gasteiger partial charge on any atom is -0.298 e. The first-order valence-electron chi connectivity index (χ1n) is 4.44. The van der Waals surface area contributed by atoms with Crippen molar-refractivity contribution in [1.82, 2.24) is 0 Å². The number of ketones is 1. The molecule has 11 heavy (non-hydrogen) atoms. The summed E-state index contributed by atoms with van der Waals surface area (Å²) < 4.78 is 0. The molecule has 2 heteroatoms. The van der Waals surface area contributed by atoms with Crippen LogP contribution in [0.5, 0.6) is 0 Å². The molecule has 2 saturated carbocycles. The molecule has 0 bridgehead atoms. The molecule has 0 aromatic heterocycles. The third-order valence-electron chi connectivity index (χ3n) is 3.14. The Bertz CT molecular complexity index is 178. The van der Waals surface area contributed by atoms with E-state index in [9.17, 15) is 4.79 Å². The molecular formula is C9H13ClO. The summed E-state index contributed by atoms with van der Waals surface area (Å²) in [5.74, 6) is 1.75. The zero-order chi connectivity index (χ0) is 7.84. The molecule has 0 amide bonds. The number of fused-ring (bicyclic) bond motifs is 1. The molecule has 0 unspecified atom stereocenters. The third kappa shape index (κ3) is 1.31. The lowest BCUT2D eigenvalue weighted by atomic mass is 9.81. The van der Waals surface area contributed by atoms with Crippen LogP contribution in [0.3, 0.4) is 0 Å². The zero-order valence-electron chi connectivity index (χ0n) is 6.55. The van der Waals surface area contributed by atoms with E-state index in [1.165, 1.54) is 19.3 Å². The molecule has 2 aliphatic carbocycles. The molecule has 0 aliphatic heterocycles. The lowest BCUT2D eigenvalue weighted by Crippen LogP contribution is -2.29. The standard InChI is InChI=1S/C9H13ClO/c10-8-4-6-2-1-3-7(6)5-9(8)11/h6-8H,1-5H2/t6-,7-,8+/m0/s1. The molecule has 3 atom stereocenters. The number of hydrogen-bond donors (Lipinski definition) is 0. The van der Waals surface area contributed by atoms with Gasteiger partial charge in [0, 0.05) is 6.42 Å². The summed E-state index contributed by atoms with van der Waals surface area (Å²) in [4.78, 5) is 11.2. The second kappa shape index (κ2) is 2.78. The van der Waals surface area contributed by atoms with Crippen LogP contribution in [0.25, 0.3) is 0 Å². The lowest BCUT2D eigenvalue weighted by Gasteiger charge is -2.27. The van der Waals surface area contributed by atoms with Crippen molar-refractivity contribution in [3.8, 4) is 0 Å². The van der Waals surface area contributed by atoms with Crippen LogP contribution in [0.2, 0.25) is 0 Å². The van der Waals surface area contributed by atoms with E-state index in [1.807, 2.05) is 0 Å². The Balaban J connectivity index is 2.06. The van der Waals surface area contributed by atoms with Crippen molar-refractivity contribution in [1.29, 1.82) is 0 Å². The van der Waals surface area contributed by atoms with Crippen LogP contribution in [0.15, 0.2) is 0 Å². The smallest absolute Gasteiger partial charge is 0.150 e. The second-order valence-electron chi connectivity index (χ2n) is 3.82. The summed E-state index contributed by atoms with van der Waals surface area (Å²) >= 11 is 5.88. The van der Waals surface area contributed by atoms with Gasteiger partial charge in [0.05, 0.1) is 5.38 Å². The minimum atomic E-state index is -0.158. The van der Waals surface area contributed by atoms with Gasteiger partial charge in [-0.3, -0.25) is 4.79 Å². The lowest BCUT2D eigenvalue weighted by molar-refractivity contribution is -0.121. The maximum absolute atomic E-state index is 11.2. The molecule has 0 aromatic carbocycles. The van der Waals surface area contributed by atoms with Gasteiger partial charge in [0.25, 0.3) is 0 Å². The Hall–Kier alpha value is -0.0400. The van der Waals surface area contributed by atoms with E-state index in [0.29, 0.717) is 5.92 Å². The molecule has 0 spiro atoms. The Morgan fingerprint density at radius 2 is 2.00 bits per heavy atom. The fourth-order valence-electron chi connectivity index (χ4n) is 2.48. The highest BCUT2D eigenvalue weighted by molar-refractivity contribution is 6.31. The van der Waals surface area contributed by atoms with Crippen LogP contribution in [-0.2, 0) is 4.79 Å². The number of halogens is 1. The first-order valence-corrected chi connectivity index (χ1v) is 4.88. The van der Waals surface area contributed by atoms with Crippen molar-refractivity contribution in [3.63, 3.8) is 0 Å². The first-order chi connectivity index (χ1) is 5.27. The Morgan fingerprint density at radius 3 is 2.82 bits per heavy atom. The monoisotopic (exact) mass is 172 g/mol. The molecule has 0 saturated heterocycles. The van der Waals surface area contributed by atoms with Gasteiger partial charge in [0.1, 0.15) is 0 Å². The molecule has 62 valence electrons. The van der Waals surface area contributed by atoms with E-state index in [2.05, 4.69) is 0 Å². The second-order valence-corrected chi connectivity index (χ2v) is 4.35. The average Bonchev–Trinajstić information content (AvgIpc) is 2.36. The molecule has 0 radical (unpaired) electrons. The molecular weight excluding hydrogens is 160 g/mol. The predicted molar refractivity (Wildman–Crippen MR) is 44.7 cm³/mol. The topological polar surface area (TPSA) is 17.1 Å². The first kappa shape index (κ1) is 7.60. The summed E-state index contributed by atoms with van der Waals surface area (Å²) in [6, 6.07) is 0. The highest BCUT2D eigenvalue weighted by Gasteiger charge is 2.37. The van der Waals surface area contributed by atoms with E-state index < -0.39 is 0 Å². The maximum atomic E-state index is 11.2. The van der Waals surface area contributed by atoms with Crippen LogP contribution in [0.4, 0.5) is 0 Å². The zero-order valence-corrected chi connectivity index (χ0v) is 7.31. The molecule has 2 aliphatic rings. The van der Waals surface area contributed by atoms with Gasteiger partial charge in [-0.05, 0) is 24.7 Å². The summed E-state index contributed by atoms with van der Waals surface area (Å²) in [6.07, 6.45) is 5.59. The Morgan fingerprint density at radius 1 is 1.27 bits per heavy atom. The summed E-state index contributed by atoms with van der Waals surface area (Å²) in [5.41, 5.74) is 0. The third-order valence-corrected chi connectivity index (χ3v) is 3.56. The fraction of sp³-hybridized carbons (Fsp3) is 0.889. The molecule has 2 fully saturated rings. The van der Waals surface area contributed by atoms with E-state index in [0.717, 1.165) is 18.8 Å². The number of rotatable bonds is 0. The Kier molecular flexibility index (Phi) is 1.92. The number of alkyl halides is 1. The van der Waals surface area contributed by atoms with Gasteiger partial charge in [-0.25, -0.2) is 0 Å². The van der Waals surface area contributed by atoms with Crippen molar-refractivity contribution in [2.24, 2.45) is 11.8 Å². The van der Waals surface area contributed by atoms with Crippen LogP contribution in [0, 0.1) is 11.8 Å². The van der Waals surface area contributed by atoms with E-state index in [4.69, 9.17) is 11.6 Å². The Labute approximate surface area is 72.1 Å². The summed E-state index contributed by atoms with van der Waals surface area (Å²) in [5, 5.41) is -0.158. The van der Waals surface area contributed by atoms with Gasteiger partial charge in [-0.15, -0.1) is 11.6 Å². The van der Waals surface area contributed by atoms with Crippen molar-refractivity contribution in [2.75, 3.05) is 0 Å². The maximum Gasteiger partial charge on any atom is 0.150 e. The van der Waals surface area contributed by atoms with Crippen molar-refractivity contribution in [3.05, 3.63) is 0 Å². The van der Waals surface area contributed by atoms with Gasteiger partial charge in [0.15, 0.2) is 5.78 Å². The molecule has 0 heterocycles. The van der Waals surface area contributed by atoms with Gasteiger partial charge in [-0.2, -0.15) is 0 Å². The number of carbonyl (C=O) groups excluding carboxylic acids is 1. The number of hydrogen-bond acceptors (Lipinski definition) is 1. The normalized spacial score (nSPS) is 44.1. The SMILES string of the molecule is O=C1C[C@@H]2CCC[C@H]2C[C@H]1Cl. The van der Waals surface area contributed by atoms with Crippen LogP contribution >= 0.6 is 11.6 Å². The largest absolute Gasteiger partial charge is 0.298 e. The van der Waals surface area contributed by atoms with E-state index in [1.54, 1.807) is 0 Å². The van der Waals surface area contributed by atoms with Crippen LogP contribution < -0.4 is 0 Å². The van der Waals surface area contributed by atoms with Gasteiger partial charge in [0.2, 0.25) is 0 Å². The summed E-state index contributed by atoms with van der Waals surface area (Å²) in [7, 11) is 0. The summed E-state index contributed by atoms with van der Waals surface area (Å²) in [6.45, 7) is 0. The highest BCUT2D eigenvalue weighted by atomic mass is 35.5. The quantitative estimate of drug-likeness (QED) is 0.513. The molecule has 1 nitrogen and oxygen atoms in total. The van der Waals surface area contributed by atoms with E-state index in [-0.39, 0.29) is 11.2 Å². The van der Waals surface area contributed by atoms with Crippen LogP contribution in [0.1, 0.15) is 32.1 Å². The molecule has 0 aromatic rings. The molecule has 0 N–H and O–H groups in total. The predicted octanol–water partition coefficient (Wildman–Crippen LogP) is 2.37. The van der Waals surface area contributed by atoms with Gasteiger partial charge >= 0.3 is 0 Å². The average molecular weight is 173 g/mol. The highest BCUT2D eigenvalue weighted by Crippen LogP contribution is 2.42. The molecule has 2 rings (SSSR count). The number of carbonyl (C=O) groups is 1. The van der Waals surface area contributed by atoms with Crippen LogP contribution in [-0.4, -0.2) is 11.2 Å². The van der Waals surface area contributed by atoms with Crippen molar-refractivity contribution >= 4 is 17.4 Å².